The van der Waals surface area contributed by atoms with Crippen molar-refractivity contribution in [2.45, 2.75) is 19.4 Å². The molecule has 0 spiro atoms. The van der Waals surface area contributed by atoms with Gasteiger partial charge in [-0.3, -0.25) is 4.79 Å². The largest absolute Gasteiger partial charge is 0.350 e. The van der Waals surface area contributed by atoms with Crippen LogP contribution in [0, 0.1) is 11.6 Å². The predicted octanol–water partition coefficient (Wildman–Crippen LogP) is 2.62. The second-order valence-corrected chi connectivity index (χ2v) is 5.33. The highest BCUT2D eigenvalue weighted by Gasteiger charge is 2.20. The fraction of sp³-hybridized carbons (Fsp3) is 0.364. The third-order valence-electron chi connectivity index (χ3n) is 1.94. The standard InChI is InChI=1S/C11H13BrF2N2O.ClH/c1-11(2,15)5-16-10(17)9-7(13)3-6(12)4-8(9)14;/h3-4H,5,15H2,1-2H3,(H,16,17);1H. The van der Waals surface area contributed by atoms with Gasteiger partial charge in [0.25, 0.3) is 5.91 Å². The van der Waals surface area contributed by atoms with Crippen molar-refractivity contribution in [1.82, 2.24) is 5.32 Å². The van der Waals surface area contributed by atoms with Gasteiger partial charge in [0.2, 0.25) is 0 Å². The molecule has 0 atom stereocenters. The van der Waals surface area contributed by atoms with E-state index in [1.165, 1.54) is 0 Å². The molecule has 1 aromatic rings. The van der Waals surface area contributed by atoms with Crippen molar-refractivity contribution < 1.29 is 13.6 Å². The Morgan fingerprint density at radius 1 is 1.39 bits per heavy atom. The van der Waals surface area contributed by atoms with E-state index in [0.717, 1.165) is 12.1 Å². The number of rotatable bonds is 3. The molecule has 0 aliphatic rings. The Labute approximate surface area is 119 Å². The molecular formula is C11H14BrClF2N2O. The first-order chi connectivity index (χ1) is 7.70. The third-order valence-corrected chi connectivity index (χ3v) is 2.40. The minimum absolute atomic E-state index is 0. The lowest BCUT2D eigenvalue weighted by Gasteiger charge is -2.19. The van der Waals surface area contributed by atoms with Crippen LogP contribution in [-0.4, -0.2) is 18.0 Å². The molecule has 0 aromatic heterocycles. The van der Waals surface area contributed by atoms with Crippen molar-refractivity contribution in [1.29, 1.82) is 0 Å². The number of hydrogen-bond acceptors (Lipinski definition) is 2. The van der Waals surface area contributed by atoms with Crippen LogP contribution in [0.15, 0.2) is 16.6 Å². The van der Waals surface area contributed by atoms with Gasteiger partial charge in [-0.25, -0.2) is 8.78 Å². The monoisotopic (exact) mass is 342 g/mol. The zero-order valence-electron chi connectivity index (χ0n) is 9.89. The molecule has 0 aliphatic heterocycles. The van der Waals surface area contributed by atoms with Gasteiger partial charge in [0, 0.05) is 16.6 Å². The van der Waals surface area contributed by atoms with Crippen LogP contribution in [0.3, 0.4) is 0 Å². The van der Waals surface area contributed by atoms with E-state index in [2.05, 4.69) is 21.2 Å². The number of nitrogens with two attached hydrogens (primary N) is 1. The normalized spacial score (nSPS) is 10.8. The van der Waals surface area contributed by atoms with Crippen molar-refractivity contribution in [3.05, 3.63) is 33.8 Å². The Morgan fingerprint density at radius 2 is 1.83 bits per heavy atom. The average molecular weight is 344 g/mol. The SMILES string of the molecule is CC(C)(N)CNC(=O)c1c(F)cc(Br)cc1F.Cl. The maximum atomic E-state index is 13.4. The Bertz CT molecular complexity index is 426. The molecule has 7 heteroatoms. The first-order valence-corrected chi connectivity index (χ1v) is 5.71. The van der Waals surface area contributed by atoms with E-state index in [1.807, 2.05) is 0 Å². The summed E-state index contributed by atoms with van der Waals surface area (Å²) in [5.74, 6) is -2.64. The summed E-state index contributed by atoms with van der Waals surface area (Å²) in [6, 6.07) is 2.07. The zero-order valence-corrected chi connectivity index (χ0v) is 12.3. The van der Waals surface area contributed by atoms with Gasteiger partial charge >= 0.3 is 0 Å². The van der Waals surface area contributed by atoms with Gasteiger partial charge in [-0.2, -0.15) is 0 Å². The average Bonchev–Trinajstić information content (AvgIpc) is 2.11. The Kier molecular flexibility index (Phi) is 6.19. The van der Waals surface area contributed by atoms with E-state index in [4.69, 9.17) is 5.73 Å². The molecule has 3 N–H and O–H groups in total. The molecule has 1 aromatic carbocycles. The highest BCUT2D eigenvalue weighted by Crippen LogP contribution is 2.19. The number of benzene rings is 1. The summed E-state index contributed by atoms with van der Waals surface area (Å²) in [4.78, 5) is 11.6. The zero-order chi connectivity index (χ0) is 13.2. The molecule has 102 valence electrons. The number of carbonyl (C=O) groups excluding carboxylic acids is 1. The Morgan fingerprint density at radius 3 is 2.22 bits per heavy atom. The summed E-state index contributed by atoms with van der Waals surface area (Å²) in [5, 5.41) is 2.38. The molecule has 0 bridgehead atoms. The lowest BCUT2D eigenvalue weighted by Crippen LogP contribution is -2.45. The van der Waals surface area contributed by atoms with E-state index < -0.39 is 28.6 Å². The van der Waals surface area contributed by atoms with Crippen molar-refractivity contribution in [2.75, 3.05) is 6.54 Å². The topological polar surface area (TPSA) is 55.1 Å². The molecular weight excluding hydrogens is 329 g/mol. The molecule has 0 fully saturated rings. The second kappa shape index (κ2) is 6.45. The molecule has 18 heavy (non-hydrogen) atoms. The maximum Gasteiger partial charge on any atom is 0.257 e. The molecule has 1 rings (SSSR count). The lowest BCUT2D eigenvalue weighted by atomic mass is 10.1. The van der Waals surface area contributed by atoms with Crippen LogP contribution >= 0.6 is 28.3 Å². The molecule has 0 unspecified atom stereocenters. The van der Waals surface area contributed by atoms with Crippen LogP contribution < -0.4 is 11.1 Å². The van der Waals surface area contributed by atoms with Crippen molar-refractivity contribution in [3.63, 3.8) is 0 Å². The smallest absolute Gasteiger partial charge is 0.257 e. The van der Waals surface area contributed by atoms with Crippen LogP contribution in [-0.2, 0) is 0 Å². The summed E-state index contributed by atoms with van der Waals surface area (Å²) < 4.78 is 27.1. The van der Waals surface area contributed by atoms with Gasteiger partial charge in [-0.05, 0) is 26.0 Å². The minimum Gasteiger partial charge on any atom is -0.350 e. The van der Waals surface area contributed by atoms with E-state index in [9.17, 15) is 13.6 Å². The van der Waals surface area contributed by atoms with Gasteiger partial charge in [0.05, 0.1) is 0 Å². The van der Waals surface area contributed by atoms with Crippen LogP contribution in [0.5, 0.6) is 0 Å². The summed E-state index contributed by atoms with van der Waals surface area (Å²) in [5.41, 5.74) is 4.41. The van der Waals surface area contributed by atoms with Gasteiger partial charge in [-0.15, -0.1) is 12.4 Å². The van der Waals surface area contributed by atoms with Crippen LogP contribution in [0.4, 0.5) is 8.78 Å². The number of carbonyl (C=O) groups is 1. The third kappa shape index (κ3) is 4.88. The molecule has 3 nitrogen and oxygen atoms in total. The fourth-order valence-corrected chi connectivity index (χ4v) is 1.56. The van der Waals surface area contributed by atoms with Crippen molar-refractivity contribution in [3.8, 4) is 0 Å². The van der Waals surface area contributed by atoms with Crippen molar-refractivity contribution in [2.24, 2.45) is 5.73 Å². The summed E-state index contributed by atoms with van der Waals surface area (Å²) in [6.45, 7) is 3.52. The maximum absolute atomic E-state index is 13.4. The van der Waals surface area contributed by atoms with Crippen LogP contribution in [0.1, 0.15) is 24.2 Å². The van der Waals surface area contributed by atoms with E-state index in [0.29, 0.717) is 0 Å². The highest BCUT2D eigenvalue weighted by molar-refractivity contribution is 9.10. The molecule has 0 heterocycles. The molecule has 0 saturated heterocycles. The number of amides is 1. The van der Waals surface area contributed by atoms with Gasteiger partial charge in [0.15, 0.2) is 0 Å². The van der Waals surface area contributed by atoms with Gasteiger partial charge in [-0.1, -0.05) is 15.9 Å². The fourth-order valence-electron chi connectivity index (χ4n) is 1.16. The van der Waals surface area contributed by atoms with E-state index in [1.54, 1.807) is 13.8 Å². The molecule has 1 amide bonds. The summed E-state index contributed by atoms with van der Waals surface area (Å²) >= 11 is 2.94. The van der Waals surface area contributed by atoms with E-state index >= 15 is 0 Å². The highest BCUT2D eigenvalue weighted by atomic mass is 79.9. The van der Waals surface area contributed by atoms with E-state index in [-0.39, 0.29) is 23.4 Å². The molecule has 0 saturated carbocycles. The lowest BCUT2D eigenvalue weighted by molar-refractivity contribution is 0.0937. The van der Waals surface area contributed by atoms with Gasteiger partial charge < -0.3 is 11.1 Å². The quantitative estimate of drug-likeness (QED) is 0.886. The molecule has 0 radical (unpaired) electrons. The summed E-state index contributed by atoms with van der Waals surface area (Å²) in [6.07, 6.45) is 0. The Hall–Kier alpha value is -0.720. The first kappa shape index (κ1) is 17.3. The minimum atomic E-state index is -0.913. The Balaban J connectivity index is 0.00000289. The number of nitrogens with one attached hydrogen (secondary N) is 1. The summed E-state index contributed by atoms with van der Waals surface area (Å²) in [7, 11) is 0. The first-order valence-electron chi connectivity index (χ1n) is 4.92. The van der Waals surface area contributed by atoms with Crippen LogP contribution in [0.2, 0.25) is 0 Å². The van der Waals surface area contributed by atoms with Gasteiger partial charge in [0.1, 0.15) is 17.2 Å². The van der Waals surface area contributed by atoms with Crippen LogP contribution in [0.25, 0.3) is 0 Å². The number of hydrogen-bond donors (Lipinski definition) is 2. The number of halogens is 4. The predicted molar refractivity (Wildman–Crippen MR) is 71.9 cm³/mol. The molecule has 0 aliphatic carbocycles. The second-order valence-electron chi connectivity index (χ2n) is 4.42. The van der Waals surface area contributed by atoms with Crippen molar-refractivity contribution >= 4 is 34.2 Å².